The number of aryl methyl sites for hydroxylation is 1. The monoisotopic (exact) mass is 539 g/mol. The van der Waals surface area contributed by atoms with E-state index in [0.717, 1.165) is 14.5 Å². The number of esters is 2. The maximum atomic E-state index is 12.6. The van der Waals surface area contributed by atoms with Gasteiger partial charge in [-0.05, 0) is 67.6 Å². The van der Waals surface area contributed by atoms with E-state index in [4.69, 9.17) is 9.47 Å². The van der Waals surface area contributed by atoms with E-state index in [1.165, 1.54) is 6.08 Å². The fourth-order valence-electron chi connectivity index (χ4n) is 2.85. The Hall–Kier alpha value is -3.03. The molecule has 1 aliphatic rings. The van der Waals surface area contributed by atoms with E-state index >= 15 is 0 Å². The summed E-state index contributed by atoms with van der Waals surface area (Å²) in [5.41, 5.74) is 2.79. The van der Waals surface area contributed by atoms with Gasteiger partial charge in [-0.15, -0.1) is 0 Å². The van der Waals surface area contributed by atoms with E-state index in [9.17, 15) is 9.59 Å². The number of aliphatic imine (C=N–C) groups is 1. The number of carbonyl (C=O) groups excluding carboxylic acids is 2. The summed E-state index contributed by atoms with van der Waals surface area (Å²) in [6.45, 7) is 1.94. The Morgan fingerprint density at radius 3 is 2.35 bits per heavy atom. The summed E-state index contributed by atoms with van der Waals surface area (Å²) in [6.07, 6.45) is 1.54. The van der Waals surface area contributed by atoms with Crippen LogP contribution in [0.25, 0.3) is 6.08 Å². The van der Waals surface area contributed by atoms with Crippen molar-refractivity contribution >= 4 is 55.8 Å². The van der Waals surface area contributed by atoms with Crippen molar-refractivity contribution in [3.05, 3.63) is 104 Å². The maximum absolute atomic E-state index is 12.6. The molecule has 1 aliphatic heterocycles. The minimum atomic E-state index is -0.575. The molecule has 7 heteroatoms. The smallest absolute Gasteiger partial charge is 0.363 e. The summed E-state index contributed by atoms with van der Waals surface area (Å²) in [4.78, 5) is 29.2. The van der Waals surface area contributed by atoms with Gasteiger partial charge in [0.25, 0.3) is 0 Å². The largest absolute Gasteiger partial charge is 0.422 e. The van der Waals surface area contributed by atoms with Gasteiger partial charge in [0, 0.05) is 20.1 Å². The minimum Gasteiger partial charge on any atom is -0.422 e. The average Bonchev–Trinajstić information content (AvgIpc) is 3.11. The molecule has 0 bridgehead atoms. The minimum absolute atomic E-state index is 0.114. The molecule has 0 spiro atoms. The first kappa shape index (κ1) is 21.2. The fraction of sp³-hybridized carbons (Fsp3) is 0.0417. The van der Waals surface area contributed by atoms with Crippen molar-refractivity contribution < 1.29 is 19.1 Å². The molecule has 5 nitrogen and oxygen atoms in total. The van der Waals surface area contributed by atoms with Crippen LogP contribution in [0.5, 0.6) is 5.75 Å². The van der Waals surface area contributed by atoms with Gasteiger partial charge in [-0.3, -0.25) is 0 Å². The Morgan fingerprint density at radius 1 is 0.968 bits per heavy atom. The molecule has 0 unspecified atom stereocenters. The van der Waals surface area contributed by atoms with Crippen LogP contribution >= 0.6 is 31.9 Å². The van der Waals surface area contributed by atoms with E-state index in [0.29, 0.717) is 22.4 Å². The molecule has 0 saturated heterocycles. The van der Waals surface area contributed by atoms with E-state index in [2.05, 4.69) is 36.9 Å². The van der Waals surface area contributed by atoms with Crippen LogP contribution in [0.2, 0.25) is 0 Å². The summed E-state index contributed by atoms with van der Waals surface area (Å²) >= 11 is 6.78. The number of cyclic esters (lactones) is 1. The molecule has 154 valence electrons. The van der Waals surface area contributed by atoms with Crippen molar-refractivity contribution in [3.63, 3.8) is 0 Å². The third kappa shape index (κ3) is 5.00. The van der Waals surface area contributed by atoms with Gasteiger partial charge in [0.2, 0.25) is 5.90 Å². The second-order valence-corrected chi connectivity index (χ2v) is 8.61. The van der Waals surface area contributed by atoms with Crippen LogP contribution in [0.3, 0.4) is 0 Å². The van der Waals surface area contributed by atoms with Crippen molar-refractivity contribution in [2.45, 2.75) is 6.92 Å². The van der Waals surface area contributed by atoms with E-state index in [-0.39, 0.29) is 11.6 Å². The highest BCUT2D eigenvalue weighted by atomic mass is 79.9. The third-order valence-corrected chi connectivity index (χ3v) is 5.49. The summed E-state index contributed by atoms with van der Waals surface area (Å²) in [6, 6.07) is 19.5. The van der Waals surface area contributed by atoms with Gasteiger partial charge in [0.15, 0.2) is 5.70 Å². The number of rotatable bonds is 4. The molecule has 4 rings (SSSR count). The van der Waals surface area contributed by atoms with Crippen molar-refractivity contribution in [3.8, 4) is 5.75 Å². The van der Waals surface area contributed by atoms with Gasteiger partial charge < -0.3 is 9.47 Å². The predicted octanol–water partition coefficient (Wildman–Crippen LogP) is 6.08. The second kappa shape index (κ2) is 8.99. The molecule has 0 atom stereocenters. The van der Waals surface area contributed by atoms with Gasteiger partial charge in [-0.1, -0.05) is 49.6 Å². The van der Waals surface area contributed by atoms with Gasteiger partial charge in [-0.25, -0.2) is 14.6 Å². The zero-order valence-electron chi connectivity index (χ0n) is 16.3. The van der Waals surface area contributed by atoms with Crippen LogP contribution < -0.4 is 4.74 Å². The Kier molecular flexibility index (Phi) is 6.15. The molecule has 0 saturated carbocycles. The second-order valence-electron chi connectivity index (χ2n) is 6.78. The summed E-state index contributed by atoms with van der Waals surface area (Å²) in [5.74, 6) is -0.540. The first-order valence-electron chi connectivity index (χ1n) is 9.26. The van der Waals surface area contributed by atoms with Crippen LogP contribution in [0.4, 0.5) is 0 Å². The van der Waals surface area contributed by atoms with Gasteiger partial charge in [0.05, 0.1) is 5.56 Å². The standard InChI is InChI=1S/C24H15Br2NO4/c1-14-2-4-16(5-3-14)23(28)30-21-11-10-19(26)12-17(21)13-20-24(29)31-22(27-20)15-6-8-18(25)9-7-15/h2-13H,1H3/b20-13+. The zero-order chi connectivity index (χ0) is 22.0. The molecule has 0 N–H and O–H groups in total. The lowest BCUT2D eigenvalue weighted by molar-refractivity contribution is -0.129. The number of carbonyl (C=O) groups is 2. The van der Waals surface area contributed by atoms with Crippen LogP contribution in [-0.4, -0.2) is 17.8 Å². The van der Waals surface area contributed by atoms with Crippen molar-refractivity contribution in [2.75, 3.05) is 0 Å². The molecule has 0 aliphatic carbocycles. The van der Waals surface area contributed by atoms with Gasteiger partial charge >= 0.3 is 11.9 Å². The molecule has 0 fully saturated rings. The lowest BCUT2D eigenvalue weighted by Crippen LogP contribution is -2.09. The quantitative estimate of drug-likeness (QED) is 0.228. The Labute approximate surface area is 195 Å². The van der Waals surface area contributed by atoms with Crippen LogP contribution in [-0.2, 0) is 9.53 Å². The molecular weight excluding hydrogens is 526 g/mol. The number of hydrogen-bond donors (Lipinski definition) is 0. The fourth-order valence-corrected chi connectivity index (χ4v) is 3.49. The molecule has 1 heterocycles. The Bertz CT molecular complexity index is 1230. The molecule has 0 amide bonds. The highest BCUT2D eigenvalue weighted by Gasteiger charge is 2.25. The predicted molar refractivity (Wildman–Crippen MR) is 125 cm³/mol. The number of benzene rings is 3. The zero-order valence-corrected chi connectivity index (χ0v) is 19.4. The molecule has 0 radical (unpaired) electrons. The SMILES string of the molecule is Cc1ccc(C(=O)Oc2ccc(Br)cc2/C=C2/N=C(c3ccc(Br)cc3)OC2=O)cc1. The van der Waals surface area contributed by atoms with Gasteiger partial charge in [-0.2, -0.15) is 0 Å². The normalized spacial score (nSPS) is 14.4. The summed E-state index contributed by atoms with van der Waals surface area (Å²) in [5, 5.41) is 0. The molecular formula is C24H15Br2NO4. The molecule has 0 aromatic heterocycles. The molecule has 3 aromatic rings. The average molecular weight is 541 g/mol. The van der Waals surface area contributed by atoms with Crippen LogP contribution in [0.15, 0.2) is 86.4 Å². The van der Waals surface area contributed by atoms with Crippen molar-refractivity contribution in [1.82, 2.24) is 0 Å². The highest BCUT2D eigenvalue weighted by Crippen LogP contribution is 2.28. The Balaban J connectivity index is 1.64. The van der Waals surface area contributed by atoms with E-state index < -0.39 is 11.9 Å². The number of halogens is 2. The molecule has 3 aromatic carbocycles. The van der Waals surface area contributed by atoms with Crippen molar-refractivity contribution in [2.24, 2.45) is 4.99 Å². The van der Waals surface area contributed by atoms with Crippen LogP contribution in [0.1, 0.15) is 27.0 Å². The van der Waals surface area contributed by atoms with Gasteiger partial charge in [0.1, 0.15) is 5.75 Å². The first-order chi connectivity index (χ1) is 14.9. The third-order valence-electron chi connectivity index (χ3n) is 4.47. The van der Waals surface area contributed by atoms with Crippen molar-refractivity contribution in [1.29, 1.82) is 0 Å². The number of hydrogen-bond acceptors (Lipinski definition) is 5. The number of nitrogens with zero attached hydrogens (tertiary/aromatic N) is 1. The maximum Gasteiger partial charge on any atom is 0.363 e. The first-order valence-corrected chi connectivity index (χ1v) is 10.8. The van der Waals surface area contributed by atoms with Crippen LogP contribution in [0, 0.1) is 6.92 Å². The number of ether oxygens (including phenoxy) is 2. The lowest BCUT2D eigenvalue weighted by Gasteiger charge is -2.08. The van der Waals surface area contributed by atoms with E-state index in [1.807, 2.05) is 31.2 Å². The highest BCUT2D eigenvalue weighted by molar-refractivity contribution is 9.10. The lowest BCUT2D eigenvalue weighted by atomic mass is 10.1. The molecule has 31 heavy (non-hydrogen) atoms. The van der Waals surface area contributed by atoms with E-state index in [1.54, 1.807) is 42.5 Å². The summed E-state index contributed by atoms with van der Waals surface area (Å²) < 4.78 is 12.6. The Morgan fingerprint density at radius 2 is 1.65 bits per heavy atom. The topological polar surface area (TPSA) is 65.0 Å². The summed E-state index contributed by atoms with van der Waals surface area (Å²) in [7, 11) is 0.